The SMILES string of the molecule is COC(=O)CN1CCN(CCCCn2c(=O)[nH]c3c(N)n[nH]c32)CC1. The number of nitrogen functional groups attached to an aromatic ring is 1. The van der Waals surface area contributed by atoms with Gasteiger partial charge in [0, 0.05) is 32.7 Å². The molecule has 0 spiro atoms. The van der Waals surface area contributed by atoms with Crippen LogP contribution in [-0.4, -0.2) is 81.9 Å². The molecule has 1 aliphatic rings. The van der Waals surface area contributed by atoms with Crippen molar-refractivity contribution in [1.82, 2.24) is 29.5 Å². The van der Waals surface area contributed by atoms with Gasteiger partial charge >= 0.3 is 11.7 Å². The fraction of sp³-hybridized carbons (Fsp3) is 0.667. The summed E-state index contributed by atoms with van der Waals surface area (Å²) in [5.74, 6) is 0.131. The molecule has 1 fully saturated rings. The van der Waals surface area contributed by atoms with Crippen molar-refractivity contribution >= 4 is 23.0 Å². The Kier molecular flexibility index (Phi) is 5.39. The first kappa shape index (κ1) is 17.5. The maximum absolute atomic E-state index is 11.9. The molecule has 0 unspecified atom stereocenters. The molecule has 0 bridgehead atoms. The molecule has 138 valence electrons. The van der Waals surface area contributed by atoms with E-state index in [1.807, 2.05) is 0 Å². The summed E-state index contributed by atoms with van der Waals surface area (Å²) in [5, 5.41) is 6.70. The van der Waals surface area contributed by atoms with Crippen LogP contribution in [0.5, 0.6) is 0 Å². The van der Waals surface area contributed by atoms with Crippen molar-refractivity contribution in [3.63, 3.8) is 0 Å². The zero-order valence-electron chi connectivity index (χ0n) is 14.5. The molecule has 3 heterocycles. The van der Waals surface area contributed by atoms with Crippen molar-refractivity contribution in [3.8, 4) is 0 Å². The van der Waals surface area contributed by atoms with Crippen LogP contribution in [0, 0.1) is 0 Å². The fourth-order valence-electron chi connectivity index (χ4n) is 3.18. The third kappa shape index (κ3) is 4.02. The van der Waals surface area contributed by atoms with E-state index in [0.29, 0.717) is 30.1 Å². The molecule has 10 nitrogen and oxygen atoms in total. The average molecular weight is 351 g/mol. The number of hydrogen-bond donors (Lipinski definition) is 3. The van der Waals surface area contributed by atoms with E-state index in [1.54, 1.807) is 4.57 Å². The van der Waals surface area contributed by atoms with E-state index in [0.717, 1.165) is 45.6 Å². The van der Waals surface area contributed by atoms with Gasteiger partial charge in [-0.3, -0.25) is 19.4 Å². The summed E-state index contributed by atoms with van der Waals surface area (Å²) >= 11 is 0. The minimum absolute atomic E-state index is 0.160. The molecule has 0 atom stereocenters. The molecule has 2 aromatic heterocycles. The lowest BCUT2D eigenvalue weighted by atomic mass is 10.2. The number of aromatic amines is 2. The van der Waals surface area contributed by atoms with E-state index in [9.17, 15) is 9.59 Å². The van der Waals surface area contributed by atoms with Crippen molar-refractivity contribution in [2.24, 2.45) is 0 Å². The first-order valence-corrected chi connectivity index (χ1v) is 8.52. The van der Waals surface area contributed by atoms with Crippen molar-refractivity contribution in [2.45, 2.75) is 19.4 Å². The molecule has 1 saturated heterocycles. The second-order valence-corrected chi connectivity index (χ2v) is 6.32. The lowest BCUT2D eigenvalue weighted by Crippen LogP contribution is -2.48. The molecule has 4 N–H and O–H groups in total. The number of fused-ring (bicyclic) bond motifs is 1. The highest BCUT2D eigenvalue weighted by Crippen LogP contribution is 2.13. The third-order valence-electron chi connectivity index (χ3n) is 4.67. The van der Waals surface area contributed by atoms with Crippen LogP contribution in [0.3, 0.4) is 0 Å². The summed E-state index contributed by atoms with van der Waals surface area (Å²) in [6.07, 6.45) is 1.90. The molecule has 0 saturated carbocycles. The number of methoxy groups -OCH3 is 1. The van der Waals surface area contributed by atoms with E-state index >= 15 is 0 Å². The summed E-state index contributed by atoms with van der Waals surface area (Å²) in [5.41, 5.74) is 6.76. The highest BCUT2D eigenvalue weighted by atomic mass is 16.5. The van der Waals surface area contributed by atoms with Crippen molar-refractivity contribution in [2.75, 3.05) is 52.1 Å². The van der Waals surface area contributed by atoms with Gasteiger partial charge in [-0.1, -0.05) is 0 Å². The Balaban J connectivity index is 1.40. The Labute approximate surface area is 144 Å². The fourth-order valence-corrected chi connectivity index (χ4v) is 3.18. The van der Waals surface area contributed by atoms with Gasteiger partial charge in [0.25, 0.3) is 0 Å². The molecule has 2 aromatic rings. The number of unbranched alkanes of at least 4 members (excludes halogenated alkanes) is 1. The maximum Gasteiger partial charge on any atom is 0.327 e. The number of rotatable bonds is 7. The number of nitrogens with two attached hydrogens (primary N) is 1. The number of aromatic nitrogens is 4. The van der Waals surface area contributed by atoms with Gasteiger partial charge in [-0.05, 0) is 19.4 Å². The Morgan fingerprint density at radius 3 is 2.60 bits per heavy atom. The van der Waals surface area contributed by atoms with Gasteiger partial charge in [0.1, 0.15) is 5.52 Å². The summed E-state index contributed by atoms with van der Waals surface area (Å²) < 4.78 is 6.34. The van der Waals surface area contributed by atoms with E-state index in [1.165, 1.54) is 7.11 Å². The van der Waals surface area contributed by atoms with Crippen LogP contribution in [0.4, 0.5) is 5.82 Å². The monoisotopic (exact) mass is 351 g/mol. The largest absolute Gasteiger partial charge is 0.468 e. The number of hydrogen-bond acceptors (Lipinski definition) is 7. The summed E-state index contributed by atoms with van der Waals surface area (Å²) in [7, 11) is 1.42. The van der Waals surface area contributed by atoms with E-state index < -0.39 is 0 Å². The number of ether oxygens (including phenoxy) is 1. The van der Waals surface area contributed by atoms with Crippen LogP contribution in [0.1, 0.15) is 12.8 Å². The molecular formula is C15H25N7O3. The maximum atomic E-state index is 11.9. The van der Waals surface area contributed by atoms with Crippen LogP contribution in [-0.2, 0) is 16.1 Å². The highest BCUT2D eigenvalue weighted by molar-refractivity contribution is 5.81. The minimum Gasteiger partial charge on any atom is -0.468 e. The zero-order valence-corrected chi connectivity index (χ0v) is 14.5. The van der Waals surface area contributed by atoms with E-state index in [4.69, 9.17) is 10.5 Å². The molecule has 0 amide bonds. The minimum atomic E-state index is -0.184. The lowest BCUT2D eigenvalue weighted by Gasteiger charge is -2.33. The number of esters is 1. The second kappa shape index (κ2) is 7.70. The number of piperazine rings is 1. The van der Waals surface area contributed by atoms with Gasteiger partial charge in [-0.15, -0.1) is 0 Å². The van der Waals surface area contributed by atoms with Crippen LogP contribution in [0.25, 0.3) is 11.2 Å². The van der Waals surface area contributed by atoms with Gasteiger partial charge in [0.2, 0.25) is 0 Å². The number of imidazole rings is 1. The molecule has 0 radical (unpaired) electrons. The molecule has 3 rings (SSSR count). The summed E-state index contributed by atoms with van der Waals surface area (Å²) in [6, 6.07) is 0. The molecule has 1 aliphatic heterocycles. The smallest absolute Gasteiger partial charge is 0.327 e. The topological polar surface area (TPSA) is 125 Å². The molecular weight excluding hydrogens is 326 g/mol. The molecule has 10 heteroatoms. The lowest BCUT2D eigenvalue weighted by molar-refractivity contribution is -0.142. The number of aryl methyl sites for hydroxylation is 1. The van der Waals surface area contributed by atoms with Crippen molar-refractivity contribution < 1.29 is 9.53 Å². The number of carbonyl (C=O) groups excluding carboxylic acids is 1. The second-order valence-electron chi connectivity index (χ2n) is 6.32. The Morgan fingerprint density at radius 1 is 1.20 bits per heavy atom. The average Bonchev–Trinajstić information content (AvgIpc) is 3.12. The predicted molar refractivity (Wildman–Crippen MR) is 93.2 cm³/mol. The van der Waals surface area contributed by atoms with Crippen LogP contribution < -0.4 is 11.4 Å². The van der Waals surface area contributed by atoms with Gasteiger partial charge < -0.3 is 20.4 Å². The van der Waals surface area contributed by atoms with Gasteiger partial charge in [-0.25, -0.2) is 4.79 Å². The summed E-state index contributed by atoms with van der Waals surface area (Å²) in [6.45, 7) is 5.62. The number of anilines is 1. The number of nitrogens with one attached hydrogen (secondary N) is 2. The van der Waals surface area contributed by atoms with Crippen LogP contribution >= 0.6 is 0 Å². The predicted octanol–water partition coefficient (Wildman–Crippen LogP) is -0.794. The molecule has 0 aromatic carbocycles. The first-order valence-electron chi connectivity index (χ1n) is 8.52. The highest BCUT2D eigenvalue weighted by Gasteiger charge is 2.19. The molecule has 0 aliphatic carbocycles. The molecule has 25 heavy (non-hydrogen) atoms. The van der Waals surface area contributed by atoms with E-state index in [2.05, 4.69) is 25.0 Å². The Morgan fingerprint density at radius 2 is 1.88 bits per heavy atom. The Bertz CT molecular complexity index is 770. The number of nitrogens with zero attached hydrogens (tertiary/aromatic N) is 4. The number of H-pyrrole nitrogens is 2. The van der Waals surface area contributed by atoms with E-state index in [-0.39, 0.29) is 11.7 Å². The Hall–Kier alpha value is -2.33. The summed E-state index contributed by atoms with van der Waals surface area (Å²) in [4.78, 5) is 30.5. The normalized spacial score (nSPS) is 16.5. The first-order chi connectivity index (χ1) is 12.1. The van der Waals surface area contributed by atoms with Crippen molar-refractivity contribution in [1.29, 1.82) is 0 Å². The van der Waals surface area contributed by atoms with Crippen LogP contribution in [0.15, 0.2) is 4.79 Å². The van der Waals surface area contributed by atoms with Gasteiger partial charge in [0.05, 0.1) is 13.7 Å². The third-order valence-corrected chi connectivity index (χ3v) is 4.67. The van der Waals surface area contributed by atoms with Crippen molar-refractivity contribution in [3.05, 3.63) is 10.5 Å². The number of carbonyl (C=O) groups is 1. The van der Waals surface area contributed by atoms with Gasteiger partial charge in [-0.2, -0.15) is 5.10 Å². The van der Waals surface area contributed by atoms with Crippen LogP contribution in [0.2, 0.25) is 0 Å². The quantitative estimate of drug-likeness (QED) is 0.441. The van der Waals surface area contributed by atoms with Gasteiger partial charge in [0.15, 0.2) is 11.5 Å². The zero-order chi connectivity index (χ0) is 17.8. The standard InChI is InChI=1S/C15H25N7O3/c1-25-11(23)10-21-8-6-20(7-9-21)4-2-3-5-22-14-12(17-15(22)24)13(16)18-19-14/h2-10H2,1H3,(H,17,24)(H3,16,18,19).